The lowest BCUT2D eigenvalue weighted by atomic mass is 10.2. The van der Waals surface area contributed by atoms with Gasteiger partial charge in [-0.1, -0.05) is 6.07 Å². The first kappa shape index (κ1) is 20.1. The first-order valence-corrected chi connectivity index (χ1v) is 9.29. The quantitative estimate of drug-likeness (QED) is 0.657. The summed E-state index contributed by atoms with van der Waals surface area (Å²) in [6.07, 6.45) is -4.55. The summed E-state index contributed by atoms with van der Waals surface area (Å²) >= 11 is 1.32. The average molecular weight is 409 g/mol. The van der Waals surface area contributed by atoms with Crippen LogP contribution in [0, 0.1) is 0 Å². The van der Waals surface area contributed by atoms with Crippen molar-refractivity contribution < 1.29 is 22.7 Å². The van der Waals surface area contributed by atoms with Gasteiger partial charge in [-0.15, -0.1) is 11.3 Å². The van der Waals surface area contributed by atoms with Gasteiger partial charge in [-0.2, -0.15) is 18.3 Å². The zero-order valence-corrected chi connectivity index (χ0v) is 16.0. The van der Waals surface area contributed by atoms with E-state index in [4.69, 9.17) is 4.74 Å². The van der Waals surface area contributed by atoms with Crippen molar-refractivity contribution in [3.8, 4) is 16.3 Å². The van der Waals surface area contributed by atoms with Crippen molar-refractivity contribution in [2.75, 3.05) is 13.7 Å². The molecule has 5 nitrogen and oxygen atoms in total. The third kappa shape index (κ3) is 4.42. The van der Waals surface area contributed by atoms with Gasteiger partial charge in [0.1, 0.15) is 0 Å². The maximum atomic E-state index is 13.2. The predicted octanol–water partition coefficient (Wildman–Crippen LogP) is 4.38. The van der Waals surface area contributed by atoms with E-state index in [1.807, 2.05) is 6.92 Å². The molecule has 0 unspecified atom stereocenters. The molecule has 0 saturated carbocycles. The molecule has 0 aliphatic heterocycles. The number of hydrogen-bond donors (Lipinski definition) is 1. The largest absolute Gasteiger partial charge is 0.435 e. The Morgan fingerprint density at radius 3 is 2.57 bits per heavy atom. The number of thiophene rings is 1. The summed E-state index contributed by atoms with van der Waals surface area (Å²) in [6.45, 7) is 2.19. The van der Waals surface area contributed by atoms with Gasteiger partial charge in [-0.05, 0) is 48.7 Å². The van der Waals surface area contributed by atoms with Crippen LogP contribution in [0.4, 0.5) is 13.2 Å². The molecule has 1 aromatic carbocycles. The summed E-state index contributed by atoms with van der Waals surface area (Å²) in [7, 11) is 1.54. The summed E-state index contributed by atoms with van der Waals surface area (Å²) in [5, 5.41) is 8.30. The third-order valence-corrected chi connectivity index (χ3v) is 4.83. The first-order chi connectivity index (χ1) is 13.3. The lowest BCUT2D eigenvalue weighted by molar-refractivity contribution is -0.141. The van der Waals surface area contributed by atoms with Crippen molar-refractivity contribution in [1.82, 2.24) is 15.1 Å². The topological polar surface area (TPSA) is 56.1 Å². The van der Waals surface area contributed by atoms with E-state index in [1.165, 1.54) is 16.0 Å². The summed E-state index contributed by atoms with van der Waals surface area (Å²) in [4.78, 5) is 12.9. The van der Waals surface area contributed by atoms with Crippen molar-refractivity contribution in [3.05, 3.63) is 59.1 Å². The van der Waals surface area contributed by atoms with Gasteiger partial charge in [0, 0.05) is 18.7 Å². The zero-order valence-electron chi connectivity index (χ0n) is 15.2. The number of carbonyl (C=O) groups is 1. The second kappa shape index (κ2) is 8.15. The maximum absolute atomic E-state index is 13.2. The van der Waals surface area contributed by atoms with E-state index in [9.17, 15) is 18.0 Å². The summed E-state index contributed by atoms with van der Waals surface area (Å²) in [6, 6.07) is 10.6. The van der Waals surface area contributed by atoms with Gasteiger partial charge in [0.05, 0.1) is 22.9 Å². The average Bonchev–Trinajstić information content (AvgIpc) is 3.31. The van der Waals surface area contributed by atoms with Crippen LogP contribution in [0.25, 0.3) is 16.3 Å². The second-order valence-corrected chi connectivity index (χ2v) is 7.13. The number of benzene rings is 1. The molecule has 2 aromatic heterocycles. The van der Waals surface area contributed by atoms with Crippen molar-refractivity contribution in [2.24, 2.45) is 0 Å². The maximum Gasteiger partial charge on any atom is 0.435 e. The highest BCUT2D eigenvalue weighted by atomic mass is 32.1. The molecule has 148 valence electrons. The van der Waals surface area contributed by atoms with E-state index in [0.717, 1.165) is 6.07 Å². The zero-order chi connectivity index (χ0) is 20.3. The number of methoxy groups -OCH3 is 1. The third-order valence-electron chi connectivity index (χ3n) is 3.94. The summed E-state index contributed by atoms with van der Waals surface area (Å²) in [5.74, 6) is -0.286. The second-order valence-electron chi connectivity index (χ2n) is 6.18. The monoisotopic (exact) mass is 409 g/mol. The van der Waals surface area contributed by atoms with Gasteiger partial charge in [0.25, 0.3) is 5.91 Å². The van der Waals surface area contributed by atoms with Crippen LogP contribution < -0.4 is 5.32 Å². The molecule has 0 fully saturated rings. The minimum Gasteiger partial charge on any atom is -0.383 e. The molecule has 1 atom stereocenters. The number of nitrogens with one attached hydrogen (secondary N) is 1. The number of nitrogens with zero attached hydrogens (tertiary/aromatic N) is 2. The highest BCUT2D eigenvalue weighted by molar-refractivity contribution is 7.13. The molecular formula is C19H18F3N3O2S. The number of ether oxygens (including phenoxy) is 1. The molecule has 0 bridgehead atoms. The van der Waals surface area contributed by atoms with Gasteiger partial charge in [0.2, 0.25) is 0 Å². The number of alkyl halides is 3. The molecule has 0 aliphatic rings. The lowest BCUT2D eigenvalue weighted by Crippen LogP contribution is -2.35. The standard InChI is InChI=1S/C19H18F3N3O2S/c1-12(11-27-2)23-18(26)13-5-7-14(8-6-13)25-15(16-4-3-9-28-16)10-17(24-25)19(20,21)22/h3-10,12H,11H2,1-2H3,(H,23,26)/t12-/m1/s1. The SMILES string of the molecule is COC[C@@H](C)NC(=O)c1ccc(-n2nc(C(F)(F)F)cc2-c2cccs2)cc1. The van der Waals surface area contributed by atoms with Gasteiger partial charge in [0.15, 0.2) is 5.69 Å². The molecule has 9 heteroatoms. The van der Waals surface area contributed by atoms with E-state index < -0.39 is 11.9 Å². The molecular weight excluding hydrogens is 391 g/mol. The molecule has 0 radical (unpaired) electrons. The number of rotatable bonds is 6. The lowest BCUT2D eigenvalue weighted by Gasteiger charge is -2.13. The molecule has 3 rings (SSSR count). The van der Waals surface area contributed by atoms with Crippen LogP contribution in [0.2, 0.25) is 0 Å². The molecule has 0 aliphatic carbocycles. The van der Waals surface area contributed by atoms with Crippen LogP contribution in [0.15, 0.2) is 47.8 Å². The van der Waals surface area contributed by atoms with Crippen molar-refractivity contribution >= 4 is 17.2 Å². The molecule has 1 N–H and O–H groups in total. The Balaban J connectivity index is 1.91. The van der Waals surface area contributed by atoms with Crippen LogP contribution in [-0.4, -0.2) is 35.4 Å². The van der Waals surface area contributed by atoms with E-state index >= 15 is 0 Å². The van der Waals surface area contributed by atoms with Crippen LogP contribution in [0.5, 0.6) is 0 Å². The Hall–Kier alpha value is -2.65. The van der Waals surface area contributed by atoms with E-state index in [1.54, 1.807) is 48.9 Å². The van der Waals surface area contributed by atoms with Gasteiger partial charge < -0.3 is 10.1 Å². The molecule has 1 amide bonds. The Bertz CT molecular complexity index is 934. The fraction of sp³-hybridized carbons (Fsp3) is 0.263. The number of carbonyl (C=O) groups excluding carboxylic acids is 1. The van der Waals surface area contributed by atoms with Crippen molar-refractivity contribution in [3.63, 3.8) is 0 Å². The minimum atomic E-state index is -4.55. The fourth-order valence-corrected chi connectivity index (χ4v) is 3.40. The predicted molar refractivity (Wildman–Crippen MR) is 101 cm³/mol. The highest BCUT2D eigenvalue weighted by Crippen LogP contribution is 2.34. The Kier molecular flexibility index (Phi) is 5.85. The van der Waals surface area contributed by atoms with E-state index in [2.05, 4.69) is 10.4 Å². The Labute approximate surface area is 163 Å². The normalized spacial score (nSPS) is 12.8. The van der Waals surface area contributed by atoms with Gasteiger partial charge in [-0.25, -0.2) is 4.68 Å². The summed E-state index contributed by atoms with van der Waals surface area (Å²) < 4.78 is 45.7. The van der Waals surface area contributed by atoms with Gasteiger partial charge >= 0.3 is 6.18 Å². The smallest absolute Gasteiger partial charge is 0.383 e. The van der Waals surface area contributed by atoms with Crippen LogP contribution in [0.1, 0.15) is 23.0 Å². The highest BCUT2D eigenvalue weighted by Gasteiger charge is 2.35. The Morgan fingerprint density at radius 2 is 2.00 bits per heavy atom. The first-order valence-electron chi connectivity index (χ1n) is 8.41. The minimum absolute atomic E-state index is 0.164. The van der Waals surface area contributed by atoms with Crippen LogP contribution in [0.3, 0.4) is 0 Å². The van der Waals surface area contributed by atoms with Crippen molar-refractivity contribution in [1.29, 1.82) is 0 Å². The number of hydrogen-bond acceptors (Lipinski definition) is 4. The fourth-order valence-electron chi connectivity index (χ4n) is 2.67. The van der Waals surface area contributed by atoms with Crippen LogP contribution in [-0.2, 0) is 10.9 Å². The van der Waals surface area contributed by atoms with Crippen LogP contribution >= 0.6 is 11.3 Å². The number of halogens is 3. The number of aromatic nitrogens is 2. The molecule has 0 saturated heterocycles. The number of amides is 1. The summed E-state index contributed by atoms with van der Waals surface area (Å²) in [5.41, 5.74) is 0.201. The van der Waals surface area contributed by atoms with Gasteiger partial charge in [-0.3, -0.25) is 4.79 Å². The molecule has 2 heterocycles. The van der Waals surface area contributed by atoms with Crippen molar-refractivity contribution in [2.45, 2.75) is 19.1 Å². The molecule has 28 heavy (non-hydrogen) atoms. The Morgan fingerprint density at radius 1 is 1.29 bits per heavy atom. The van der Waals surface area contributed by atoms with E-state index in [0.29, 0.717) is 28.4 Å². The van der Waals surface area contributed by atoms with E-state index in [-0.39, 0.29) is 11.9 Å². The molecule has 0 spiro atoms. The molecule has 3 aromatic rings.